The molecule has 5 nitrogen and oxygen atoms in total. The van der Waals surface area contributed by atoms with Gasteiger partial charge >= 0.3 is 0 Å². The molecule has 1 aromatic heterocycles. The first-order valence-corrected chi connectivity index (χ1v) is 4.71. The summed E-state index contributed by atoms with van der Waals surface area (Å²) in [5.74, 6) is -0.513. The Morgan fingerprint density at radius 1 is 1.24 bits per heavy atom. The van der Waals surface area contributed by atoms with Crippen molar-refractivity contribution in [1.29, 1.82) is 0 Å². The van der Waals surface area contributed by atoms with Crippen molar-refractivity contribution in [1.82, 2.24) is 4.57 Å². The van der Waals surface area contributed by atoms with E-state index in [4.69, 9.17) is 0 Å². The maximum atomic E-state index is 13.0. The van der Waals surface area contributed by atoms with Gasteiger partial charge in [0.2, 0.25) is 0 Å². The van der Waals surface area contributed by atoms with Gasteiger partial charge in [-0.25, -0.2) is 4.39 Å². The maximum absolute atomic E-state index is 13.0. The van der Waals surface area contributed by atoms with E-state index >= 15 is 0 Å². The lowest BCUT2D eigenvalue weighted by Crippen LogP contribution is -2.16. The van der Waals surface area contributed by atoms with E-state index in [-0.39, 0.29) is 11.4 Å². The lowest BCUT2D eigenvalue weighted by Gasteiger charge is -2.04. The van der Waals surface area contributed by atoms with E-state index < -0.39 is 16.3 Å². The van der Waals surface area contributed by atoms with E-state index in [0.717, 1.165) is 29.0 Å². The van der Waals surface area contributed by atoms with Crippen LogP contribution in [0.1, 0.15) is 0 Å². The molecule has 6 heteroatoms. The molecule has 0 spiro atoms. The summed E-state index contributed by atoms with van der Waals surface area (Å²) in [4.78, 5) is 21.5. The molecule has 0 fully saturated rings. The number of nitro groups is 1. The minimum absolute atomic E-state index is 0.228. The molecule has 1 heterocycles. The van der Waals surface area contributed by atoms with Gasteiger partial charge in [-0.3, -0.25) is 19.5 Å². The Hall–Kier alpha value is -2.50. The number of halogens is 1. The summed E-state index contributed by atoms with van der Waals surface area (Å²) in [6.07, 6.45) is 1.07. The molecule has 2 rings (SSSR count). The van der Waals surface area contributed by atoms with Crippen molar-refractivity contribution in [3.05, 3.63) is 68.9 Å². The first kappa shape index (κ1) is 11.0. The van der Waals surface area contributed by atoms with Crippen molar-refractivity contribution in [2.75, 3.05) is 0 Å². The molecular weight excluding hydrogens is 227 g/mol. The molecule has 0 amide bonds. The van der Waals surface area contributed by atoms with Gasteiger partial charge in [-0.05, 0) is 18.2 Å². The predicted molar refractivity (Wildman–Crippen MR) is 58.7 cm³/mol. The smallest absolute Gasteiger partial charge is 0.277 e. The van der Waals surface area contributed by atoms with Crippen molar-refractivity contribution in [3.8, 4) is 5.69 Å². The summed E-state index contributed by atoms with van der Waals surface area (Å²) in [6.45, 7) is 0. The molecule has 0 bridgehead atoms. The average Bonchev–Trinajstić information content (AvgIpc) is 2.29. The highest BCUT2D eigenvalue weighted by atomic mass is 19.1. The number of aromatic nitrogens is 1. The van der Waals surface area contributed by atoms with Gasteiger partial charge in [0.05, 0.1) is 16.8 Å². The van der Waals surface area contributed by atoms with Gasteiger partial charge in [0.1, 0.15) is 5.82 Å². The van der Waals surface area contributed by atoms with Gasteiger partial charge in [0.15, 0.2) is 0 Å². The van der Waals surface area contributed by atoms with E-state index in [0.29, 0.717) is 0 Å². The Labute approximate surface area is 94.9 Å². The number of benzene rings is 1. The van der Waals surface area contributed by atoms with Crippen LogP contribution in [0.5, 0.6) is 0 Å². The second-order valence-corrected chi connectivity index (χ2v) is 3.33. The van der Waals surface area contributed by atoms with E-state index in [1.54, 1.807) is 0 Å². The summed E-state index contributed by atoms with van der Waals surface area (Å²) in [7, 11) is 0. The number of pyridine rings is 1. The van der Waals surface area contributed by atoms with E-state index in [9.17, 15) is 19.3 Å². The van der Waals surface area contributed by atoms with E-state index in [1.165, 1.54) is 18.2 Å². The molecule has 0 radical (unpaired) electrons. The van der Waals surface area contributed by atoms with Crippen LogP contribution in [0.2, 0.25) is 0 Å². The maximum Gasteiger partial charge on any atom is 0.286 e. The molecule has 0 N–H and O–H groups in total. The Bertz CT molecular complexity index is 637. The van der Waals surface area contributed by atoms with Gasteiger partial charge in [-0.1, -0.05) is 6.07 Å². The van der Waals surface area contributed by atoms with Gasteiger partial charge in [-0.2, -0.15) is 0 Å². The van der Waals surface area contributed by atoms with E-state index in [1.807, 2.05) is 0 Å². The third-order valence-corrected chi connectivity index (χ3v) is 2.19. The lowest BCUT2D eigenvalue weighted by atomic mass is 10.3. The zero-order chi connectivity index (χ0) is 12.4. The third-order valence-electron chi connectivity index (χ3n) is 2.19. The van der Waals surface area contributed by atoms with Crippen molar-refractivity contribution in [2.24, 2.45) is 0 Å². The van der Waals surface area contributed by atoms with Gasteiger partial charge < -0.3 is 0 Å². The molecule has 0 aliphatic heterocycles. The fourth-order valence-electron chi connectivity index (χ4n) is 1.41. The minimum Gasteiger partial charge on any atom is -0.277 e. The summed E-state index contributed by atoms with van der Waals surface area (Å²) in [6, 6.07) is 7.46. The van der Waals surface area contributed by atoms with Crippen molar-refractivity contribution in [3.63, 3.8) is 0 Å². The molecule has 2 aromatic rings. The monoisotopic (exact) mass is 234 g/mol. The Morgan fingerprint density at radius 2 is 2.00 bits per heavy atom. The molecule has 0 aliphatic rings. The fraction of sp³-hybridized carbons (Fsp3) is 0. The zero-order valence-electron chi connectivity index (χ0n) is 8.54. The SMILES string of the molecule is O=c1ccc([N+](=O)[O-])cn1-c1cccc(F)c1. The highest BCUT2D eigenvalue weighted by Gasteiger charge is 2.09. The van der Waals surface area contributed by atoms with Crippen LogP contribution in [-0.2, 0) is 0 Å². The Balaban J connectivity index is 2.62. The molecule has 17 heavy (non-hydrogen) atoms. The highest BCUT2D eigenvalue weighted by Crippen LogP contribution is 2.12. The van der Waals surface area contributed by atoms with Crippen LogP contribution in [-0.4, -0.2) is 9.49 Å². The summed E-state index contributed by atoms with van der Waals surface area (Å²) in [5.41, 5.74) is -0.436. The molecule has 0 unspecified atom stereocenters. The first-order valence-electron chi connectivity index (χ1n) is 4.71. The first-order chi connectivity index (χ1) is 8.08. The lowest BCUT2D eigenvalue weighted by molar-refractivity contribution is -0.385. The molecule has 0 saturated carbocycles. The highest BCUT2D eigenvalue weighted by molar-refractivity contribution is 5.36. The van der Waals surface area contributed by atoms with Gasteiger partial charge in [0.25, 0.3) is 11.2 Å². The van der Waals surface area contributed by atoms with Crippen LogP contribution in [0.25, 0.3) is 5.69 Å². The Morgan fingerprint density at radius 3 is 2.65 bits per heavy atom. The zero-order valence-corrected chi connectivity index (χ0v) is 8.54. The van der Waals surface area contributed by atoms with Gasteiger partial charge in [-0.15, -0.1) is 0 Å². The average molecular weight is 234 g/mol. The van der Waals surface area contributed by atoms with Crippen molar-refractivity contribution >= 4 is 5.69 Å². The van der Waals surface area contributed by atoms with Gasteiger partial charge in [0, 0.05) is 12.1 Å². The van der Waals surface area contributed by atoms with Crippen molar-refractivity contribution < 1.29 is 9.31 Å². The number of rotatable bonds is 2. The van der Waals surface area contributed by atoms with Crippen LogP contribution in [0.15, 0.2) is 47.4 Å². The number of hydrogen-bond donors (Lipinski definition) is 0. The molecule has 0 aliphatic carbocycles. The molecule has 0 atom stereocenters. The fourth-order valence-corrected chi connectivity index (χ4v) is 1.41. The predicted octanol–water partition coefficient (Wildman–Crippen LogP) is 1.88. The summed E-state index contributed by atoms with van der Waals surface area (Å²) < 4.78 is 14.0. The van der Waals surface area contributed by atoms with Crippen LogP contribution in [0.4, 0.5) is 10.1 Å². The van der Waals surface area contributed by atoms with Crippen molar-refractivity contribution in [2.45, 2.75) is 0 Å². The Kier molecular flexibility index (Phi) is 2.70. The molecular formula is C11H7FN2O3. The summed E-state index contributed by atoms with van der Waals surface area (Å²) >= 11 is 0. The number of hydrogen-bond acceptors (Lipinski definition) is 3. The second-order valence-electron chi connectivity index (χ2n) is 3.33. The standard InChI is InChI=1S/C11H7FN2O3/c12-8-2-1-3-9(6-8)13-7-10(14(16)17)4-5-11(13)15/h1-7H. The third kappa shape index (κ3) is 2.20. The number of nitrogens with zero attached hydrogens (tertiary/aromatic N) is 2. The van der Waals surface area contributed by atoms with Crippen LogP contribution >= 0.6 is 0 Å². The second kappa shape index (κ2) is 4.17. The molecule has 1 aromatic carbocycles. The van der Waals surface area contributed by atoms with Crippen LogP contribution in [0, 0.1) is 15.9 Å². The van der Waals surface area contributed by atoms with Crippen LogP contribution in [0.3, 0.4) is 0 Å². The van der Waals surface area contributed by atoms with E-state index in [2.05, 4.69) is 0 Å². The normalized spacial score (nSPS) is 10.2. The molecule has 0 saturated heterocycles. The quantitative estimate of drug-likeness (QED) is 0.588. The topological polar surface area (TPSA) is 65.1 Å². The largest absolute Gasteiger partial charge is 0.286 e. The summed E-state index contributed by atoms with van der Waals surface area (Å²) in [5, 5.41) is 10.6. The minimum atomic E-state index is -0.616. The van der Waals surface area contributed by atoms with Crippen LogP contribution < -0.4 is 5.56 Å². The molecule has 86 valence electrons.